The minimum Gasteiger partial charge on any atom is -0.611 e. The van der Waals surface area contributed by atoms with E-state index in [2.05, 4.69) is 20.3 Å². The molecule has 0 spiro atoms. The van der Waals surface area contributed by atoms with Gasteiger partial charge >= 0.3 is 0 Å². The van der Waals surface area contributed by atoms with Crippen molar-refractivity contribution in [1.82, 2.24) is 15.0 Å². The fraction of sp³-hybridized carbons (Fsp3) is 0.211. The average Bonchev–Trinajstić information content (AvgIpc) is 2.68. The number of hydrogen-bond donors (Lipinski definition) is 1. The van der Waals surface area contributed by atoms with Crippen molar-refractivity contribution in [3.8, 4) is 11.3 Å². The monoisotopic (exact) mass is 370 g/mol. The SMILES string of the molecule is CC[S+]([O-])c1cncc(-c2cnc(NC(C)c3ccc(F)cc3)cn2)c1. The largest absolute Gasteiger partial charge is 0.611 e. The molecule has 0 aliphatic heterocycles. The molecule has 2 aromatic heterocycles. The van der Waals surface area contributed by atoms with Crippen LogP contribution in [-0.2, 0) is 11.2 Å². The van der Waals surface area contributed by atoms with Gasteiger partial charge in [-0.2, -0.15) is 0 Å². The van der Waals surface area contributed by atoms with Gasteiger partial charge in [0.2, 0.25) is 0 Å². The van der Waals surface area contributed by atoms with Gasteiger partial charge in [-0.05, 0) is 42.7 Å². The predicted molar refractivity (Wildman–Crippen MR) is 101 cm³/mol. The quantitative estimate of drug-likeness (QED) is 0.665. The van der Waals surface area contributed by atoms with Crippen LogP contribution >= 0.6 is 0 Å². The Hall–Kier alpha value is -2.51. The molecule has 3 rings (SSSR count). The fourth-order valence-electron chi connectivity index (χ4n) is 2.46. The number of anilines is 1. The molecule has 1 aromatic carbocycles. The Labute approximate surface area is 154 Å². The molecule has 7 heteroatoms. The molecule has 2 atom stereocenters. The van der Waals surface area contributed by atoms with E-state index in [0.717, 1.165) is 11.1 Å². The summed E-state index contributed by atoms with van der Waals surface area (Å²) in [5.41, 5.74) is 2.39. The Morgan fingerprint density at radius 3 is 2.54 bits per heavy atom. The van der Waals surface area contributed by atoms with E-state index in [-0.39, 0.29) is 11.9 Å². The molecule has 2 unspecified atom stereocenters. The van der Waals surface area contributed by atoms with Crippen LogP contribution < -0.4 is 5.32 Å². The Kier molecular flexibility index (Phi) is 5.80. The molecule has 26 heavy (non-hydrogen) atoms. The molecule has 0 fully saturated rings. The first-order chi connectivity index (χ1) is 12.6. The second kappa shape index (κ2) is 8.25. The second-order valence-electron chi connectivity index (χ2n) is 5.75. The molecule has 134 valence electrons. The summed E-state index contributed by atoms with van der Waals surface area (Å²) in [6, 6.07) is 8.13. The molecule has 1 N–H and O–H groups in total. The highest BCUT2D eigenvalue weighted by Gasteiger charge is 2.12. The zero-order valence-electron chi connectivity index (χ0n) is 14.5. The van der Waals surface area contributed by atoms with Crippen molar-refractivity contribution in [2.24, 2.45) is 0 Å². The maximum Gasteiger partial charge on any atom is 0.171 e. The number of halogens is 1. The zero-order chi connectivity index (χ0) is 18.5. The van der Waals surface area contributed by atoms with Crippen LogP contribution in [0.3, 0.4) is 0 Å². The summed E-state index contributed by atoms with van der Waals surface area (Å²) in [4.78, 5) is 13.6. The zero-order valence-corrected chi connectivity index (χ0v) is 15.3. The number of hydrogen-bond acceptors (Lipinski definition) is 5. The Bertz CT molecular complexity index is 858. The van der Waals surface area contributed by atoms with Crippen LogP contribution in [0, 0.1) is 5.82 Å². The number of aromatic nitrogens is 3. The highest BCUT2D eigenvalue weighted by Crippen LogP contribution is 2.22. The molecule has 2 heterocycles. The molecule has 5 nitrogen and oxygen atoms in total. The van der Waals surface area contributed by atoms with E-state index in [1.54, 1.807) is 36.9 Å². The molecule has 0 saturated heterocycles. The van der Waals surface area contributed by atoms with Crippen molar-refractivity contribution in [2.75, 3.05) is 11.1 Å². The van der Waals surface area contributed by atoms with Crippen LogP contribution in [0.1, 0.15) is 25.5 Å². The van der Waals surface area contributed by atoms with Crippen LogP contribution in [0.25, 0.3) is 11.3 Å². The highest BCUT2D eigenvalue weighted by molar-refractivity contribution is 7.91. The van der Waals surface area contributed by atoms with E-state index in [1.165, 1.54) is 12.1 Å². The maximum absolute atomic E-state index is 13.0. The summed E-state index contributed by atoms with van der Waals surface area (Å²) in [6.45, 7) is 3.83. The van der Waals surface area contributed by atoms with Gasteiger partial charge in [0, 0.05) is 23.9 Å². The summed E-state index contributed by atoms with van der Waals surface area (Å²) in [6.07, 6.45) is 6.57. The lowest BCUT2D eigenvalue weighted by molar-refractivity contribution is 0.596. The normalized spacial score (nSPS) is 13.2. The fourth-order valence-corrected chi connectivity index (χ4v) is 3.23. The number of pyridine rings is 1. The van der Waals surface area contributed by atoms with E-state index in [4.69, 9.17) is 0 Å². The summed E-state index contributed by atoms with van der Waals surface area (Å²) in [5, 5.41) is 3.23. The number of nitrogens with one attached hydrogen (secondary N) is 1. The van der Waals surface area contributed by atoms with E-state index in [0.29, 0.717) is 22.2 Å². The molecular weight excluding hydrogens is 351 g/mol. The predicted octanol–water partition coefficient (Wildman–Crippen LogP) is 3.98. The van der Waals surface area contributed by atoms with Crippen molar-refractivity contribution in [3.05, 3.63) is 66.5 Å². The average molecular weight is 370 g/mol. The van der Waals surface area contributed by atoms with Crippen molar-refractivity contribution in [1.29, 1.82) is 0 Å². The summed E-state index contributed by atoms with van der Waals surface area (Å²) in [5.74, 6) is 0.901. The lowest BCUT2D eigenvalue weighted by Crippen LogP contribution is -2.08. The van der Waals surface area contributed by atoms with Gasteiger partial charge in [0.15, 0.2) is 4.90 Å². The van der Waals surface area contributed by atoms with Gasteiger partial charge in [-0.1, -0.05) is 12.1 Å². The van der Waals surface area contributed by atoms with E-state index >= 15 is 0 Å². The first-order valence-electron chi connectivity index (χ1n) is 8.24. The van der Waals surface area contributed by atoms with Crippen molar-refractivity contribution < 1.29 is 8.94 Å². The third-order valence-electron chi connectivity index (χ3n) is 3.92. The molecule has 0 aliphatic carbocycles. The van der Waals surface area contributed by atoms with Gasteiger partial charge in [-0.15, -0.1) is 0 Å². The molecule has 0 radical (unpaired) electrons. The molecule has 0 saturated carbocycles. The molecular formula is C19H19FN4OS. The van der Waals surface area contributed by atoms with E-state index in [1.807, 2.05) is 19.9 Å². The van der Waals surface area contributed by atoms with Gasteiger partial charge in [-0.3, -0.25) is 9.97 Å². The minimum absolute atomic E-state index is 0.0345. The van der Waals surface area contributed by atoms with Crippen molar-refractivity contribution in [3.63, 3.8) is 0 Å². The van der Waals surface area contributed by atoms with Crippen molar-refractivity contribution in [2.45, 2.75) is 24.8 Å². The second-order valence-corrected chi connectivity index (χ2v) is 7.49. The third kappa shape index (κ3) is 4.36. The summed E-state index contributed by atoms with van der Waals surface area (Å²) in [7, 11) is 0. The van der Waals surface area contributed by atoms with Crippen LogP contribution in [0.15, 0.2) is 60.0 Å². The molecule has 0 amide bonds. The minimum atomic E-state index is -1.06. The third-order valence-corrected chi connectivity index (χ3v) is 5.19. The number of nitrogens with zero attached hydrogens (tertiary/aromatic N) is 3. The van der Waals surface area contributed by atoms with Crippen molar-refractivity contribution >= 4 is 17.0 Å². The van der Waals surface area contributed by atoms with E-state index < -0.39 is 11.2 Å². The lowest BCUT2D eigenvalue weighted by atomic mass is 10.1. The van der Waals surface area contributed by atoms with E-state index in [9.17, 15) is 8.94 Å². The molecule has 0 aliphatic rings. The standard InChI is InChI=1S/C19H19FN4OS/c1-3-26(25)17-8-15(9-21-10-17)18-11-23-19(12-22-18)24-13(2)14-4-6-16(20)7-5-14/h4-13H,3H2,1-2H3,(H,23,24). The first-order valence-corrected chi connectivity index (χ1v) is 9.56. The molecule has 0 bridgehead atoms. The van der Waals surface area contributed by atoms with Gasteiger partial charge in [0.25, 0.3) is 0 Å². The summed E-state index contributed by atoms with van der Waals surface area (Å²) < 4.78 is 24.9. The van der Waals surface area contributed by atoms with Gasteiger partial charge in [0.1, 0.15) is 17.4 Å². The number of rotatable bonds is 6. The first kappa shape index (κ1) is 18.3. The van der Waals surface area contributed by atoms with Gasteiger partial charge < -0.3 is 9.87 Å². The van der Waals surface area contributed by atoms with Crippen LogP contribution in [0.2, 0.25) is 0 Å². The van der Waals surface area contributed by atoms with Gasteiger partial charge in [0.05, 0.1) is 24.3 Å². The lowest BCUT2D eigenvalue weighted by Gasteiger charge is -2.15. The topological polar surface area (TPSA) is 73.8 Å². The summed E-state index contributed by atoms with van der Waals surface area (Å²) >= 11 is -1.06. The van der Waals surface area contributed by atoms with Gasteiger partial charge in [-0.25, -0.2) is 9.37 Å². The Balaban J connectivity index is 1.73. The maximum atomic E-state index is 13.0. The smallest absolute Gasteiger partial charge is 0.171 e. The van der Waals surface area contributed by atoms with Crippen LogP contribution in [0.4, 0.5) is 10.2 Å². The van der Waals surface area contributed by atoms with Crippen LogP contribution in [-0.4, -0.2) is 25.3 Å². The molecule has 3 aromatic rings. The highest BCUT2D eigenvalue weighted by atomic mass is 32.2. The Morgan fingerprint density at radius 2 is 1.88 bits per heavy atom. The Morgan fingerprint density at radius 1 is 1.12 bits per heavy atom. The number of benzene rings is 1. The van der Waals surface area contributed by atoms with Crippen LogP contribution in [0.5, 0.6) is 0 Å².